The molecule has 1 amide bonds. The van der Waals surface area contributed by atoms with Gasteiger partial charge in [0.2, 0.25) is 10.0 Å². The molecular formula is C21H24ClN5O3S. The van der Waals surface area contributed by atoms with E-state index in [0.717, 1.165) is 18.4 Å². The molecule has 0 saturated carbocycles. The lowest BCUT2D eigenvalue weighted by molar-refractivity contribution is 0.0933. The van der Waals surface area contributed by atoms with Crippen LogP contribution in [0.1, 0.15) is 47.4 Å². The first-order valence-electron chi connectivity index (χ1n) is 9.72. The highest BCUT2D eigenvalue weighted by Gasteiger charge is 2.20. The van der Waals surface area contributed by atoms with Crippen LogP contribution >= 0.6 is 11.6 Å². The van der Waals surface area contributed by atoms with Gasteiger partial charge in [0, 0.05) is 11.2 Å². The first-order valence-corrected chi connectivity index (χ1v) is 12.0. The molecule has 0 aliphatic rings. The van der Waals surface area contributed by atoms with Gasteiger partial charge in [-0.25, -0.2) is 13.1 Å². The van der Waals surface area contributed by atoms with Crippen molar-refractivity contribution in [3.63, 3.8) is 0 Å². The molecule has 0 saturated heterocycles. The predicted molar refractivity (Wildman–Crippen MR) is 121 cm³/mol. The fraction of sp³-hybridized carbons (Fsp3) is 0.286. The lowest BCUT2D eigenvalue weighted by Crippen LogP contribution is -2.29. The lowest BCUT2D eigenvalue weighted by Gasteiger charge is -2.19. The van der Waals surface area contributed by atoms with E-state index in [9.17, 15) is 13.2 Å². The van der Waals surface area contributed by atoms with Gasteiger partial charge in [-0.1, -0.05) is 24.9 Å². The normalized spacial score (nSPS) is 12.4. The Morgan fingerprint density at radius 1 is 1.19 bits per heavy atom. The van der Waals surface area contributed by atoms with Crippen molar-refractivity contribution in [2.24, 2.45) is 0 Å². The number of pyridine rings is 1. The Balaban J connectivity index is 1.83. The standard InChI is InChI=1S/C21H24ClN5O3S/c1-4-5-20(15-10-17(12-23-11-15)26-31(3,29)30)25-21(28)19-13-24-27(14(19)2)18-8-6-16(22)7-9-18/h6-13,20,26H,4-5H2,1-3H3,(H,25,28). The number of halogens is 1. The number of anilines is 1. The Morgan fingerprint density at radius 3 is 2.55 bits per heavy atom. The summed E-state index contributed by atoms with van der Waals surface area (Å²) in [6.45, 7) is 3.83. The largest absolute Gasteiger partial charge is 0.345 e. The smallest absolute Gasteiger partial charge is 0.255 e. The Bertz CT molecular complexity index is 1180. The number of benzene rings is 1. The summed E-state index contributed by atoms with van der Waals surface area (Å²) >= 11 is 5.95. The fourth-order valence-corrected chi connectivity index (χ4v) is 3.91. The molecule has 8 nitrogen and oxygen atoms in total. The van der Waals surface area contributed by atoms with E-state index in [1.54, 1.807) is 29.1 Å². The molecule has 2 N–H and O–H groups in total. The molecule has 0 aliphatic carbocycles. The third-order valence-corrected chi connectivity index (χ3v) is 5.53. The van der Waals surface area contributed by atoms with Gasteiger partial charge in [0.05, 0.1) is 47.3 Å². The first kappa shape index (κ1) is 22.8. The molecule has 2 heterocycles. The van der Waals surface area contributed by atoms with Crippen molar-refractivity contribution in [3.05, 3.63) is 70.8 Å². The predicted octanol–water partition coefficient (Wildman–Crippen LogP) is 3.87. The van der Waals surface area contributed by atoms with Crippen LogP contribution in [0.2, 0.25) is 5.02 Å². The molecule has 3 rings (SSSR count). The zero-order chi connectivity index (χ0) is 22.6. The number of aromatic nitrogens is 3. The monoisotopic (exact) mass is 461 g/mol. The highest BCUT2D eigenvalue weighted by molar-refractivity contribution is 7.92. The molecule has 1 aromatic carbocycles. The average Bonchev–Trinajstić information content (AvgIpc) is 3.08. The Kier molecular flexibility index (Phi) is 6.97. The minimum absolute atomic E-state index is 0.266. The van der Waals surface area contributed by atoms with Gasteiger partial charge in [0.1, 0.15) is 0 Å². The molecule has 0 fully saturated rings. The van der Waals surface area contributed by atoms with Gasteiger partial charge in [0.25, 0.3) is 5.91 Å². The molecule has 0 aliphatic heterocycles. The van der Waals surface area contributed by atoms with Gasteiger partial charge in [-0.15, -0.1) is 0 Å². The number of hydrogen-bond donors (Lipinski definition) is 2. The Morgan fingerprint density at radius 2 is 1.90 bits per heavy atom. The number of carbonyl (C=O) groups excluding carboxylic acids is 1. The second kappa shape index (κ2) is 9.49. The number of rotatable bonds is 8. The molecule has 2 aromatic heterocycles. The number of nitrogens with one attached hydrogen (secondary N) is 2. The number of amides is 1. The molecular weight excluding hydrogens is 438 g/mol. The van der Waals surface area contributed by atoms with Crippen LogP contribution in [0.3, 0.4) is 0 Å². The molecule has 0 radical (unpaired) electrons. The minimum Gasteiger partial charge on any atom is -0.345 e. The first-order chi connectivity index (χ1) is 14.7. The lowest BCUT2D eigenvalue weighted by atomic mass is 10.0. The van der Waals surface area contributed by atoms with Gasteiger partial charge < -0.3 is 5.32 Å². The van der Waals surface area contributed by atoms with Gasteiger partial charge in [0.15, 0.2) is 0 Å². The third kappa shape index (κ3) is 5.83. The zero-order valence-corrected chi connectivity index (χ0v) is 19.0. The molecule has 0 spiro atoms. The number of carbonyl (C=O) groups is 1. The summed E-state index contributed by atoms with van der Waals surface area (Å²) in [7, 11) is -3.43. The summed E-state index contributed by atoms with van der Waals surface area (Å²) in [6, 6.07) is 8.54. The second-order valence-corrected chi connectivity index (χ2v) is 9.41. The summed E-state index contributed by atoms with van der Waals surface area (Å²) in [6.07, 6.45) is 7.14. The van der Waals surface area contributed by atoms with Crippen molar-refractivity contribution in [1.82, 2.24) is 20.1 Å². The van der Waals surface area contributed by atoms with Crippen LogP contribution in [-0.2, 0) is 10.0 Å². The van der Waals surface area contributed by atoms with E-state index in [0.29, 0.717) is 34.0 Å². The van der Waals surface area contributed by atoms with Crippen molar-refractivity contribution in [2.75, 3.05) is 11.0 Å². The molecule has 10 heteroatoms. The summed E-state index contributed by atoms with van der Waals surface area (Å²) in [5, 5.41) is 7.99. The van der Waals surface area contributed by atoms with E-state index in [2.05, 4.69) is 20.1 Å². The molecule has 3 aromatic rings. The molecule has 0 bridgehead atoms. The van der Waals surface area contributed by atoms with Gasteiger partial charge in [-0.2, -0.15) is 5.10 Å². The second-order valence-electron chi connectivity index (χ2n) is 7.23. The van der Waals surface area contributed by atoms with Crippen LogP contribution in [0.15, 0.2) is 48.9 Å². The highest BCUT2D eigenvalue weighted by Crippen LogP contribution is 2.23. The van der Waals surface area contributed by atoms with Crippen LogP contribution in [0.5, 0.6) is 0 Å². The van der Waals surface area contributed by atoms with Gasteiger partial charge in [-0.3, -0.25) is 14.5 Å². The van der Waals surface area contributed by atoms with Crippen molar-refractivity contribution in [1.29, 1.82) is 0 Å². The maximum absolute atomic E-state index is 13.0. The van der Waals surface area contributed by atoms with Crippen LogP contribution in [-0.4, -0.2) is 35.3 Å². The fourth-order valence-electron chi connectivity index (χ4n) is 3.24. The molecule has 31 heavy (non-hydrogen) atoms. The number of nitrogens with zero attached hydrogens (tertiary/aromatic N) is 3. The number of sulfonamides is 1. The van der Waals surface area contributed by atoms with Gasteiger partial charge in [-0.05, 0) is 49.2 Å². The SMILES string of the molecule is CCCC(NC(=O)c1cnn(-c2ccc(Cl)cc2)c1C)c1cncc(NS(C)(=O)=O)c1. The third-order valence-electron chi connectivity index (χ3n) is 4.67. The Hall–Kier alpha value is -2.91. The summed E-state index contributed by atoms with van der Waals surface area (Å²) in [5.74, 6) is -0.266. The Labute approximate surface area is 186 Å². The number of hydrogen-bond acceptors (Lipinski definition) is 5. The van der Waals surface area contributed by atoms with E-state index >= 15 is 0 Å². The van der Waals surface area contributed by atoms with Crippen LogP contribution in [0.25, 0.3) is 5.69 Å². The van der Waals surface area contributed by atoms with Crippen molar-refractivity contribution >= 4 is 33.2 Å². The quantitative estimate of drug-likeness (QED) is 0.529. The van der Waals surface area contributed by atoms with Crippen LogP contribution < -0.4 is 10.0 Å². The molecule has 164 valence electrons. The summed E-state index contributed by atoms with van der Waals surface area (Å²) in [4.78, 5) is 17.1. The van der Waals surface area contributed by atoms with Gasteiger partial charge >= 0.3 is 0 Å². The molecule has 1 atom stereocenters. The topological polar surface area (TPSA) is 106 Å². The highest BCUT2D eigenvalue weighted by atomic mass is 35.5. The van der Waals surface area contributed by atoms with E-state index in [1.165, 1.54) is 12.4 Å². The maximum Gasteiger partial charge on any atom is 0.255 e. The van der Waals surface area contributed by atoms with Crippen LogP contribution in [0.4, 0.5) is 5.69 Å². The van der Waals surface area contributed by atoms with Crippen LogP contribution in [0, 0.1) is 6.92 Å². The molecule has 1 unspecified atom stereocenters. The minimum atomic E-state index is -3.43. The van der Waals surface area contributed by atoms with E-state index in [-0.39, 0.29) is 11.9 Å². The summed E-state index contributed by atoms with van der Waals surface area (Å²) in [5.41, 5.74) is 3.01. The van der Waals surface area contributed by atoms with Crippen molar-refractivity contribution < 1.29 is 13.2 Å². The zero-order valence-electron chi connectivity index (χ0n) is 17.5. The summed E-state index contributed by atoms with van der Waals surface area (Å²) < 4.78 is 27.1. The van der Waals surface area contributed by atoms with Crippen molar-refractivity contribution in [3.8, 4) is 5.69 Å². The van der Waals surface area contributed by atoms with Crippen molar-refractivity contribution in [2.45, 2.75) is 32.7 Å². The van der Waals surface area contributed by atoms with E-state index < -0.39 is 10.0 Å². The van der Waals surface area contributed by atoms with E-state index in [4.69, 9.17) is 11.6 Å². The van der Waals surface area contributed by atoms with E-state index in [1.807, 2.05) is 26.0 Å². The maximum atomic E-state index is 13.0. The average molecular weight is 462 g/mol.